The molecule has 1 aromatic heterocycles. The van der Waals surface area contributed by atoms with Gasteiger partial charge in [-0.25, -0.2) is 9.59 Å². The first-order chi connectivity index (χ1) is 22.1. The predicted octanol–water partition coefficient (Wildman–Crippen LogP) is 1.62. The average molecular weight is 745 g/mol. The third kappa shape index (κ3) is 6.64. The zero-order valence-corrected chi connectivity index (χ0v) is 26.2. The zero-order chi connectivity index (χ0) is 35.6. The van der Waals surface area contributed by atoms with Gasteiger partial charge in [-0.1, -0.05) is 18.2 Å². The Balaban J connectivity index is 1.84. The lowest BCUT2D eigenvalue weighted by molar-refractivity contribution is 0.472. The summed E-state index contributed by atoms with van der Waals surface area (Å²) in [6.07, 6.45) is 0. The fourth-order valence-electron chi connectivity index (χ4n) is 4.55. The largest absolute Gasteiger partial charge is 0.505 e. The Hall–Kier alpha value is -5.15. The van der Waals surface area contributed by atoms with E-state index in [0.29, 0.717) is 18.2 Å². The van der Waals surface area contributed by atoms with E-state index in [2.05, 4.69) is 20.5 Å². The van der Waals surface area contributed by atoms with Crippen molar-refractivity contribution in [2.75, 3.05) is 5.32 Å². The number of phenols is 1. The van der Waals surface area contributed by atoms with Gasteiger partial charge >= 0.3 is 11.4 Å². The van der Waals surface area contributed by atoms with Crippen LogP contribution in [0.2, 0.25) is 0 Å². The quantitative estimate of drug-likeness (QED) is 0.0826. The van der Waals surface area contributed by atoms with Crippen molar-refractivity contribution < 1.29 is 57.0 Å². The van der Waals surface area contributed by atoms with Crippen LogP contribution < -0.4 is 16.7 Å². The molecular weight excluding hydrogens is 729 g/mol. The topological polar surface area (TPSA) is 353 Å². The van der Waals surface area contributed by atoms with Crippen molar-refractivity contribution in [2.45, 2.75) is 19.6 Å². The number of nitrogens with zero attached hydrogens (tertiary/aromatic N) is 3. The van der Waals surface area contributed by atoms with Crippen molar-refractivity contribution in [3.05, 3.63) is 69.5 Å². The van der Waals surface area contributed by atoms with E-state index >= 15 is 0 Å². The molecule has 0 aliphatic heterocycles. The van der Waals surface area contributed by atoms with Gasteiger partial charge < -0.3 is 10.4 Å². The minimum absolute atomic E-state index is 0.393. The number of nitrogens with one attached hydrogen (secondary N) is 3. The summed E-state index contributed by atoms with van der Waals surface area (Å²) in [6, 6.07) is 6.62. The lowest BCUT2D eigenvalue weighted by atomic mass is 10.1. The fraction of sp³-hybridized carbons (Fsp3) is 0. The maximum atomic E-state index is 12.4. The van der Waals surface area contributed by atoms with Gasteiger partial charge in [0.2, 0.25) is 5.95 Å². The number of aromatic hydroxyl groups is 1. The first-order valence-corrected chi connectivity index (χ1v) is 18.0. The molecule has 0 amide bonds. The second-order valence-electron chi connectivity index (χ2n) is 9.48. The van der Waals surface area contributed by atoms with Crippen LogP contribution in [0.4, 0.5) is 23.0 Å². The summed E-state index contributed by atoms with van der Waals surface area (Å²) in [5, 5.41) is 18.8. The molecular formula is C23H16N6O15S4. The van der Waals surface area contributed by atoms with E-state index in [4.69, 9.17) is 0 Å². The molecule has 5 aromatic rings. The minimum atomic E-state index is -5.39. The average Bonchev–Trinajstić information content (AvgIpc) is 2.93. The Kier molecular flexibility index (Phi) is 8.21. The van der Waals surface area contributed by atoms with E-state index in [1.165, 1.54) is 0 Å². The van der Waals surface area contributed by atoms with E-state index < -0.39 is 122 Å². The first-order valence-electron chi connectivity index (χ1n) is 12.2. The van der Waals surface area contributed by atoms with Crippen LogP contribution in [0, 0.1) is 0 Å². The Bertz CT molecular complexity index is 2780. The van der Waals surface area contributed by atoms with Crippen molar-refractivity contribution >= 4 is 85.0 Å². The summed E-state index contributed by atoms with van der Waals surface area (Å²) in [5.74, 6) is -1.85. The third-order valence-corrected chi connectivity index (χ3v) is 9.92. The van der Waals surface area contributed by atoms with Crippen LogP contribution in [0.5, 0.6) is 5.75 Å². The van der Waals surface area contributed by atoms with Gasteiger partial charge in [-0.2, -0.15) is 38.7 Å². The molecule has 0 unspecified atom stereocenters. The van der Waals surface area contributed by atoms with E-state index in [1.54, 1.807) is 4.98 Å². The van der Waals surface area contributed by atoms with Crippen LogP contribution in [-0.4, -0.2) is 71.9 Å². The van der Waals surface area contributed by atoms with Crippen LogP contribution in [0.3, 0.4) is 0 Å². The van der Waals surface area contributed by atoms with Crippen molar-refractivity contribution in [2.24, 2.45) is 10.2 Å². The summed E-state index contributed by atoms with van der Waals surface area (Å²) in [7, 11) is -20.7. The highest BCUT2D eigenvalue weighted by Crippen LogP contribution is 2.46. The normalized spacial score (nSPS) is 13.0. The van der Waals surface area contributed by atoms with Crippen molar-refractivity contribution in [1.82, 2.24) is 15.0 Å². The Morgan fingerprint density at radius 1 is 0.708 bits per heavy atom. The second kappa shape index (κ2) is 11.5. The van der Waals surface area contributed by atoms with E-state index in [9.17, 15) is 66.6 Å². The van der Waals surface area contributed by atoms with Gasteiger partial charge in [-0.05, 0) is 35.7 Å². The number of azo groups is 1. The van der Waals surface area contributed by atoms with Crippen molar-refractivity contribution in [3.8, 4) is 5.75 Å². The van der Waals surface area contributed by atoms with Gasteiger partial charge in [0.25, 0.3) is 40.5 Å². The number of aromatic amines is 2. The maximum absolute atomic E-state index is 12.4. The molecule has 25 heteroatoms. The highest BCUT2D eigenvalue weighted by atomic mass is 32.2. The number of hydrogen-bond acceptors (Lipinski definition) is 15. The number of aromatic nitrogens is 3. The summed E-state index contributed by atoms with van der Waals surface area (Å²) in [6.45, 7) is 0. The van der Waals surface area contributed by atoms with Crippen LogP contribution >= 0.6 is 0 Å². The van der Waals surface area contributed by atoms with E-state index in [-0.39, 0.29) is 0 Å². The van der Waals surface area contributed by atoms with Crippen LogP contribution in [0.25, 0.3) is 21.5 Å². The second-order valence-corrected chi connectivity index (χ2v) is 15.0. The van der Waals surface area contributed by atoms with Crippen LogP contribution in [0.1, 0.15) is 0 Å². The molecule has 0 radical (unpaired) electrons. The van der Waals surface area contributed by atoms with Crippen molar-refractivity contribution in [1.29, 1.82) is 0 Å². The molecule has 21 nitrogen and oxygen atoms in total. The van der Waals surface area contributed by atoms with Gasteiger partial charge in [0.1, 0.15) is 26.1 Å². The number of hydrogen-bond donors (Lipinski definition) is 8. The maximum Gasteiger partial charge on any atom is 0.352 e. The van der Waals surface area contributed by atoms with Crippen molar-refractivity contribution in [3.63, 3.8) is 0 Å². The van der Waals surface area contributed by atoms with Gasteiger partial charge in [0.15, 0.2) is 5.75 Å². The molecule has 5 rings (SSSR count). The smallest absolute Gasteiger partial charge is 0.352 e. The third-order valence-electron chi connectivity index (χ3n) is 6.36. The number of fused-ring (bicyclic) bond motifs is 2. The highest BCUT2D eigenvalue weighted by Gasteiger charge is 2.27. The lowest BCUT2D eigenvalue weighted by Gasteiger charge is -2.15. The molecule has 0 atom stereocenters. The molecule has 0 spiro atoms. The van der Waals surface area contributed by atoms with Gasteiger partial charge in [-0.15, -0.1) is 10.2 Å². The van der Waals surface area contributed by atoms with Gasteiger partial charge in [0, 0.05) is 16.2 Å². The number of phenolic OH excluding ortho intramolecular Hbond substituents is 1. The molecule has 8 N–H and O–H groups in total. The summed E-state index contributed by atoms with van der Waals surface area (Å²) in [5.41, 5.74) is -4.73. The molecule has 0 saturated carbocycles. The summed E-state index contributed by atoms with van der Waals surface area (Å²) in [4.78, 5) is 26.6. The molecule has 252 valence electrons. The molecule has 1 heterocycles. The summed E-state index contributed by atoms with van der Waals surface area (Å²) >= 11 is 0. The predicted molar refractivity (Wildman–Crippen MR) is 162 cm³/mol. The highest BCUT2D eigenvalue weighted by molar-refractivity contribution is 7.87. The molecule has 0 saturated heterocycles. The SMILES string of the molecule is O=c1nc(Nc2cc(S(=O)(=O)O)cc3cc(S(=O)(=O)O)c(N=Nc4ccc5c(S(=O)(=O)O)cccc5c4S(=O)(=O)O)c(O)c23)[nH]c(=O)[nH]1. The first kappa shape index (κ1) is 34.2. The molecule has 0 aliphatic rings. The van der Waals surface area contributed by atoms with Crippen LogP contribution in [-0.2, 0) is 40.5 Å². The zero-order valence-electron chi connectivity index (χ0n) is 22.9. The Morgan fingerprint density at radius 2 is 1.38 bits per heavy atom. The standard InChI is InChI=1S/C23H16N6O15S4/c30-19-17-9(6-10(45(33,34)35)8-14(17)24-21-25-22(31)27-23(32)26-21)7-16(47(39,40)41)18(19)29-28-13-5-4-11-12(20(13)48(42,43)44)2-1-3-15(11)46(36,37)38/h1-8,30H,(H,33,34,35)(H,36,37,38)(H,39,40,41)(H,42,43,44)(H3,24,25,26,27,31,32). The molecule has 0 bridgehead atoms. The number of H-pyrrole nitrogens is 2. The van der Waals surface area contributed by atoms with Crippen LogP contribution in [0.15, 0.2) is 87.9 Å². The number of anilines is 2. The molecule has 0 fully saturated rings. The number of benzene rings is 4. The summed E-state index contributed by atoms with van der Waals surface area (Å²) < 4.78 is 136. The molecule has 0 aliphatic carbocycles. The minimum Gasteiger partial charge on any atom is -0.505 e. The fourth-order valence-corrected chi connectivity index (χ4v) is 7.29. The van der Waals surface area contributed by atoms with Gasteiger partial charge in [0.05, 0.1) is 10.6 Å². The molecule has 48 heavy (non-hydrogen) atoms. The lowest BCUT2D eigenvalue weighted by Crippen LogP contribution is -2.25. The van der Waals surface area contributed by atoms with E-state index in [0.717, 1.165) is 30.3 Å². The Morgan fingerprint density at radius 3 is 1.96 bits per heavy atom. The Labute approximate surface area is 266 Å². The van der Waals surface area contributed by atoms with E-state index in [1.807, 2.05) is 4.98 Å². The monoisotopic (exact) mass is 744 g/mol. The van der Waals surface area contributed by atoms with Gasteiger partial charge in [-0.3, -0.25) is 28.2 Å². The molecule has 4 aromatic carbocycles. The number of rotatable bonds is 8.